The van der Waals surface area contributed by atoms with E-state index >= 15 is 0 Å². The normalized spacial score (nSPS) is 19.4. The van der Waals surface area contributed by atoms with Crippen LogP contribution in [-0.2, 0) is 11.2 Å². The molecule has 1 fully saturated rings. The molecule has 0 spiro atoms. The number of aromatic amines is 1. The van der Waals surface area contributed by atoms with E-state index in [-0.39, 0.29) is 12.1 Å². The number of nitrogens with zero attached hydrogens (tertiary/aromatic N) is 2. The van der Waals surface area contributed by atoms with Crippen molar-refractivity contribution in [3.63, 3.8) is 0 Å². The predicted octanol–water partition coefficient (Wildman–Crippen LogP) is 6.02. The third kappa shape index (κ3) is 5.32. The smallest absolute Gasteiger partial charge is 0.296 e. The summed E-state index contributed by atoms with van der Waals surface area (Å²) in [6, 6.07) is 22.4. The van der Waals surface area contributed by atoms with Crippen molar-refractivity contribution in [2.24, 2.45) is 5.41 Å². The van der Waals surface area contributed by atoms with Gasteiger partial charge in [0.1, 0.15) is 0 Å². The van der Waals surface area contributed by atoms with Crippen LogP contribution in [0.3, 0.4) is 0 Å². The Morgan fingerprint density at radius 2 is 1.74 bits per heavy atom. The lowest BCUT2D eigenvalue weighted by Gasteiger charge is -2.46. The van der Waals surface area contributed by atoms with Crippen LogP contribution < -0.4 is 16.0 Å². The molecule has 1 aliphatic heterocycles. The molecule has 2 atom stereocenters. The molecule has 39 heavy (non-hydrogen) atoms. The predicted molar refractivity (Wildman–Crippen MR) is 155 cm³/mol. The lowest BCUT2D eigenvalue weighted by molar-refractivity contribution is -0.131. The van der Waals surface area contributed by atoms with Crippen LogP contribution in [-0.4, -0.2) is 28.8 Å². The first kappa shape index (κ1) is 26.6. The molecular formula is C32H36N4O3. The van der Waals surface area contributed by atoms with Crippen molar-refractivity contribution >= 4 is 11.6 Å². The van der Waals surface area contributed by atoms with Gasteiger partial charge in [0.25, 0.3) is 0 Å². The molecule has 1 saturated heterocycles. The number of benzene rings is 3. The molecule has 202 valence electrons. The number of carbonyl (C=O) groups is 1. The second kappa shape index (κ2) is 11.0. The second-order valence-electron chi connectivity index (χ2n) is 10.7. The van der Waals surface area contributed by atoms with Gasteiger partial charge in [0, 0.05) is 17.8 Å². The van der Waals surface area contributed by atoms with Gasteiger partial charge >= 0.3 is 5.76 Å². The molecule has 3 aromatic carbocycles. The Bertz CT molecular complexity index is 1520. The molecule has 1 amide bonds. The van der Waals surface area contributed by atoms with Crippen molar-refractivity contribution < 1.29 is 9.32 Å². The van der Waals surface area contributed by atoms with Crippen molar-refractivity contribution in [1.82, 2.24) is 15.5 Å². The van der Waals surface area contributed by atoms with Gasteiger partial charge < -0.3 is 0 Å². The van der Waals surface area contributed by atoms with Gasteiger partial charge in [-0.3, -0.25) is 24.5 Å². The molecule has 0 saturated carbocycles. The van der Waals surface area contributed by atoms with Gasteiger partial charge in [0.15, 0.2) is 5.82 Å². The fourth-order valence-corrected chi connectivity index (χ4v) is 5.57. The third-order valence-electron chi connectivity index (χ3n) is 8.00. The van der Waals surface area contributed by atoms with E-state index in [0.717, 1.165) is 47.2 Å². The molecule has 1 aromatic heterocycles. The first-order valence-electron chi connectivity index (χ1n) is 13.7. The molecule has 1 aliphatic rings. The summed E-state index contributed by atoms with van der Waals surface area (Å²) in [6.07, 6.45) is 3.44. The summed E-state index contributed by atoms with van der Waals surface area (Å²) in [7, 11) is 0. The summed E-state index contributed by atoms with van der Waals surface area (Å²) >= 11 is 0. The van der Waals surface area contributed by atoms with Gasteiger partial charge in [-0.05, 0) is 73.6 Å². The van der Waals surface area contributed by atoms with E-state index in [2.05, 4.69) is 85.6 Å². The molecule has 5 rings (SSSR count). The molecule has 7 heteroatoms. The van der Waals surface area contributed by atoms with Crippen LogP contribution in [0.5, 0.6) is 0 Å². The van der Waals surface area contributed by atoms with Gasteiger partial charge in [-0.2, -0.15) is 0 Å². The summed E-state index contributed by atoms with van der Waals surface area (Å²) in [6.45, 7) is 9.07. The summed E-state index contributed by atoms with van der Waals surface area (Å²) in [5.41, 5.74) is 6.67. The molecule has 0 radical (unpaired) electrons. The summed E-state index contributed by atoms with van der Waals surface area (Å²) in [4.78, 5) is 30.4. The van der Waals surface area contributed by atoms with Gasteiger partial charge in [-0.15, -0.1) is 0 Å². The van der Waals surface area contributed by atoms with Gasteiger partial charge in [-0.25, -0.2) is 4.79 Å². The highest BCUT2D eigenvalue weighted by atomic mass is 16.5. The lowest BCUT2D eigenvalue weighted by atomic mass is 9.74. The van der Waals surface area contributed by atoms with E-state index in [1.165, 1.54) is 11.1 Å². The van der Waals surface area contributed by atoms with Crippen LogP contribution in [0.4, 0.5) is 5.69 Å². The van der Waals surface area contributed by atoms with Crippen molar-refractivity contribution in [1.29, 1.82) is 0 Å². The summed E-state index contributed by atoms with van der Waals surface area (Å²) in [5, 5.41) is 7.51. The molecule has 2 heterocycles. The standard InChI is InChI=1S/C32H36N4O3/c1-5-6-17-32(20-33-23(4)36(30(32)37)26-16-11-21(2)22(3)18-26)19-24-12-14-25(15-13-24)27-9-7-8-10-28(27)29-34-31(38)39-35-29/h7-16,18,23,33H,5-6,17,19-20H2,1-4H3,(H,34,35,38). The van der Waals surface area contributed by atoms with Crippen molar-refractivity contribution in [3.05, 3.63) is 94.0 Å². The topological polar surface area (TPSA) is 91.2 Å². The fourth-order valence-electron chi connectivity index (χ4n) is 5.57. The van der Waals surface area contributed by atoms with Crippen molar-refractivity contribution in [2.75, 3.05) is 11.4 Å². The Labute approximate surface area is 229 Å². The monoisotopic (exact) mass is 524 g/mol. The largest absolute Gasteiger partial charge is 0.439 e. The SMILES string of the molecule is CCCCC1(Cc2ccc(-c3ccccc3-c3noc(=O)[nH]3)cc2)CNC(C)N(c2ccc(C)c(C)c2)C1=O. The molecule has 4 aromatic rings. The van der Waals surface area contributed by atoms with Crippen molar-refractivity contribution in [3.8, 4) is 22.5 Å². The fraction of sp³-hybridized carbons (Fsp3) is 0.344. The number of rotatable bonds is 8. The van der Waals surface area contributed by atoms with Crippen LogP contribution in [0.2, 0.25) is 0 Å². The highest BCUT2D eigenvalue weighted by Crippen LogP contribution is 2.38. The second-order valence-corrected chi connectivity index (χ2v) is 10.7. The number of hydrogen-bond acceptors (Lipinski definition) is 5. The van der Waals surface area contributed by atoms with Gasteiger partial charge in [0.05, 0.1) is 11.6 Å². The Kier molecular flexibility index (Phi) is 7.53. The van der Waals surface area contributed by atoms with E-state index in [9.17, 15) is 9.59 Å². The minimum absolute atomic E-state index is 0.0730. The number of nitrogens with one attached hydrogen (secondary N) is 2. The Morgan fingerprint density at radius 1 is 1.00 bits per heavy atom. The van der Waals surface area contributed by atoms with Crippen LogP contribution in [0.1, 0.15) is 49.8 Å². The average Bonchev–Trinajstić information content (AvgIpc) is 3.38. The number of anilines is 1. The van der Waals surface area contributed by atoms with E-state index in [4.69, 9.17) is 4.52 Å². The first-order chi connectivity index (χ1) is 18.8. The number of unbranched alkanes of at least 4 members (excludes halogenated alkanes) is 1. The number of aryl methyl sites for hydroxylation is 2. The maximum absolute atomic E-state index is 14.3. The Hall–Kier alpha value is -3.97. The Balaban J connectivity index is 1.45. The molecular weight excluding hydrogens is 488 g/mol. The maximum Gasteiger partial charge on any atom is 0.439 e. The van der Waals surface area contributed by atoms with Crippen molar-refractivity contribution in [2.45, 2.75) is 59.5 Å². The number of carbonyl (C=O) groups excluding carboxylic acids is 1. The highest BCUT2D eigenvalue weighted by molar-refractivity contribution is 5.99. The number of aromatic nitrogens is 2. The van der Waals surface area contributed by atoms with Crippen LogP contribution in [0.15, 0.2) is 76.0 Å². The molecule has 2 N–H and O–H groups in total. The summed E-state index contributed by atoms with van der Waals surface area (Å²) in [5.74, 6) is 0.00920. The molecule has 7 nitrogen and oxygen atoms in total. The summed E-state index contributed by atoms with van der Waals surface area (Å²) < 4.78 is 4.72. The molecule has 0 bridgehead atoms. The molecule has 2 unspecified atom stereocenters. The number of H-pyrrole nitrogens is 1. The number of hydrogen-bond donors (Lipinski definition) is 2. The lowest BCUT2D eigenvalue weighted by Crippen LogP contribution is -2.63. The Morgan fingerprint density at radius 3 is 2.41 bits per heavy atom. The average molecular weight is 525 g/mol. The van der Waals surface area contributed by atoms with E-state index in [0.29, 0.717) is 18.8 Å². The zero-order chi connectivity index (χ0) is 27.6. The third-order valence-corrected chi connectivity index (χ3v) is 8.00. The van der Waals surface area contributed by atoms with Gasteiger partial charge in [0.2, 0.25) is 5.91 Å². The zero-order valence-corrected chi connectivity index (χ0v) is 23.1. The number of amides is 1. The maximum atomic E-state index is 14.3. The van der Waals surface area contributed by atoms with Crippen LogP contribution in [0, 0.1) is 19.3 Å². The van der Waals surface area contributed by atoms with Crippen LogP contribution >= 0.6 is 0 Å². The highest BCUT2D eigenvalue weighted by Gasteiger charge is 2.46. The minimum atomic E-state index is -0.581. The quantitative estimate of drug-likeness (QED) is 0.294. The van der Waals surface area contributed by atoms with Crippen LogP contribution in [0.25, 0.3) is 22.5 Å². The zero-order valence-electron chi connectivity index (χ0n) is 23.1. The first-order valence-corrected chi connectivity index (χ1v) is 13.7. The van der Waals surface area contributed by atoms with E-state index in [1.54, 1.807) is 0 Å². The van der Waals surface area contributed by atoms with E-state index < -0.39 is 11.2 Å². The molecule has 0 aliphatic carbocycles. The van der Waals surface area contributed by atoms with E-state index in [1.807, 2.05) is 29.2 Å². The van der Waals surface area contributed by atoms with Gasteiger partial charge in [-0.1, -0.05) is 79.5 Å². The minimum Gasteiger partial charge on any atom is -0.296 e.